The third-order valence-corrected chi connectivity index (χ3v) is 4.55. The van der Waals surface area contributed by atoms with Crippen LogP contribution in [0.25, 0.3) is 11.4 Å². The van der Waals surface area contributed by atoms with E-state index < -0.39 is 5.97 Å². The molecule has 3 aromatic rings. The quantitative estimate of drug-likeness (QED) is 0.604. The minimum atomic E-state index is -1.10. The van der Waals surface area contributed by atoms with Crippen molar-refractivity contribution in [3.05, 3.63) is 59.8 Å². The van der Waals surface area contributed by atoms with Crippen LogP contribution in [0.3, 0.4) is 0 Å². The van der Waals surface area contributed by atoms with Crippen molar-refractivity contribution in [2.45, 2.75) is 6.54 Å². The molecule has 156 valence electrons. The number of carbonyl (C=O) groups is 1. The largest absolute Gasteiger partial charge is 0.493 e. The Labute approximate surface area is 174 Å². The average molecular weight is 409 g/mol. The van der Waals surface area contributed by atoms with Gasteiger partial charge >= 0.3 is 5.97 Å². The van der Waals surface area contributed by atoms with E-state index in [0.717, 1.165) is 5.56 Å². The number of anilines is 1. The van der Waals surface area contributed by atoms with Crippen molar-refractivity contribution in [1.29, 1.82) is 0 Å². The zero-order chi connectivity index (χ0) is 21.7. The van der Waals surface area contributed by atoms with E-state index in [0.29, 0.717) is 41.0 Å². The van der Waals surface area contributed by atoms with Crippen LogP contribution < -0.4 is 19.1 Å². The van der Waals surface area contributed by atoms with Gasteiger partial charge in [-0.05, 0) is 17.7 Å². The van der Waals surface area contributed by atoms with E-state index in [-0.39, 0.29) is 5.56 Å². The summed E-state index contributed by atoms with van der Waals surface area (Å²) in [7, 11) is 6.36. The van der Waals surface area contributed by atoms with Gasteiger partial charge in [-0.1, -0.05) is 30.3 Å². The van der Waals surface area contributed by atoms with E-state index in [1.165, 1.54) is 27.5 Å². The first-order chi connectivity index (χ1) is 14.5. The molecule has 0 atom stereocenters. The number of ether oxygens (including phenoxy) is 3. The topological polar surface area (TPSA) is 94.0 Å². The van der Waals surface area contributed by atoms with Crippen molar-refractivity contribution < 1.29 is 24.1 Å². The highest BCUT2D eigenvalue weighted by Gasteiger charge is 2.20. The molecule has 30 heavy (non-hydrogen) atoms. The predicted molar refractivity (Wildman–Crippen MR) is 113 cm³/mol. The van der Waals surface area contributed by atoms with Crippen LogP contribution in [0.1, 0.15) is 15.9 Å². The molecule has 1 N–H and O–H groups in total. The zero-order valence-electron chi connectivity index (χ0n) is 17.2. The van der Waals surface area contributed by atoms with Gasteiger partial charge in [0.25, 0.3) is 0 Å². The fourth-order valence-electron chi connectivity index (χ4n) is 3.10. The third-order valence-electron chi connectivity index (χ3n) is 4.55. The van der Waals surface area contributed by atoms with Gasteiger partial charge in [0, 0.05) is 25.4 Å². The van der Waals surface area contributed by atoms with Gasteiger partial charge in [-0.15, -0.1) is 0 Å². The lowest BCUT2D eigenvalue weighted by Crippen LogP contribution is -2.21. The number of carboxylic acid groups (broad SMARTS) is 1. The third kappa shape index (κ3) is 4.27. The van der Waals surface area contributed by atoms with Crippen LogP contribution >= 0.6 is 0 Å². The van der Waals surface area contributed by atoms with E-state index in [2.05, 4.69) is 9.97 Å². The Kier molecular flexibility index (Phi) is 6.36. The lowest BCUT2D eigenvalue weighted by Gasteiger charge is -2.21. The van der Waals surface area contributed by atoms with Gasteiger partial charge < -0.3 is 24.2 Å². The molecule has 1 aromatic heterocycles. The normalized spacial score (nSPS) is 10.4. The fourth-order valence-corrected chi connectivity index (χ4v) is 3.10. The van der Waals surface area contributed by atoms with Gasteiger partial charge in [-0.2, -0.15) is 0 Å². The van der Waals surface area contributed by atoms with Crippen LogP contribution in [0.4, 0.5) is 5.82 Å². The lowest BCUT2D eigenvalue weighted by atomic mass is 10.1. The first-order valence-corrected chi connectivity index (χ1v) is 9.14. The summed E-state index contributed by atoms with van der Waals surface area (Å²) in [6, 6.07) is 13.2. The molecule has 8 nitrogen and oxygen atoms in total. The molecule has 0 saturated carbocycles. The van der Waals surface area contributed by atoms with Crippen molar-refractivity contribution in [3.8, 4) is 28.6 Å². The fraction of sp³-hybridized carbons (Fsp3) is 0.227. The van der Waals surface area contributed by atoms with E-state index in [1.807, 2.05) is 30.3 Å². The van der Waals surface area contributed by atoms with Crippen molar-refractivity contribution in [2.75, 3.05) is 33.3 Å². The number of aromatic nitrogens is 2. The predicted octanol–water partition coefficient (Wildman–Crippen LogP) is 3.50. The van der Waals surface area contributed by atoms with Gasteiger partial charge in [0.1, 0.15) is 11.4 Å². The summed E-state index contributed by atoms with van der Waals surface area (Å²) in [6.07, 6.45) is 1.31. The van der Waals surface area contributed by atoms with Crippen molar-refractivity contribution in [2.24, 2.45) is 0 Å². The van der Waals surface area contributed by atoms with Crippen LogP contribution in [-0.2, 0) is 6.54 Å². The number of aromatic carboxylic acids is 1. The maximum atomic E-state index is 11.7. The molecule has 0 unspecified atom stereocenters. The SMILES string of the molecule is COc1cc(-c2ncc(C(=O)O)c(N(C)Cc3ccccc3)n2)cc(OC)c1OC. The molecule has 0 aliphatic carbocycles. The molecule has 0 spiro atoms. The number of benzene rings is 2. The number of hydrogen-bond donors (Lipinski definition) is 1. The summed E-state index contributed by atoms with van der Waals surface area (Å²) in [5.74, 6) is 0.918. The summed E-state index contributed by atoms with van der Waals surface area (Å²) in [4.78, 5) is 22.3. The van der Waals surface area contributed by atoms with Crippen molar-refractivity contribution in [3.63, 3.8) is 0 Å². The average Bonchev–Trinajstić information content (AvgIpc) is 2.78. The zero-order valence-corrected chi connectivity index (χ0v) is 17.2. The number of methoxy groups -OCH3 is 3. The second-order valence-electron chi connectivity index (χ2n) is 6.49. The Balaban J connectivity index is 2.07. The Morgan fingerprint density at radius 2 is 1.67 bits per heavy atom. The highest BCUT2D eigenvalue weighted by Crippen LogP contribution is 2.40. The van der Waals surface area contributed by atoms with Crippen LogP contribution in [0.2, 0.25) is 0 Å². The van der Waals surface area contributed by atoms with Crippen LogP contribution in [-0.4, -0.2) is 49.4 Å². The molecular formula is C22H23N3O5. The Bertz CT molecular complexity index is 1020. The summed E-state index contributed by atoms with van der Waals surface area (Å²) >= 11 is 0. The van der Waals surface area contributed by atoms with Crippen molar-refractivity contribution >= 4 is 11.8 Å². The molecule has 0 aliphatic heterocycles. The minimum absolute atomic E-state index is 0.0182. The maximum absolute atomic E-state index is 11.7. The molecule has 0 amide bonds. The Morgan fingerprint density at radius 3 is 2.20 bits per heavy atom. The molecule has 0 fully saturated rings. The monoisotopic (exact) mass is 409 g/mol. The van der Waals surface area contributed by atoms with E-state index in [1.54, 1.807) is 24.1 Å². The molecule has 2 aromatic carbocycles. The minimum Gasteiger partial charge on any atom is -0.493 e. The summed E-state index contributed by atoms with van der Waals surface area (Å²) < 4.78 is 16.1. The molecule has 0 aliphatic rings. The summed E-state index contributed by atoms with van der Waals surface area (Å²) in [6.45, 7) is 0.493. The first-order valence-electron chi connectivity index (χ1n) is 9.14. The molecule has 0 saturated heterocycles. The number of rotatable bonds is 8. The highest BCUT2D eigenvalue weighted by molar-refractivity contribution is 5.93. The van der Waals surface area contributed by atoms with Crippen molar-refractivity contribution in [1.82, 2.24) is 9.97 Å². The van der Waals surface area contributed by atoms with E-state index in [9.17, 15) is 9.90 Å². The second kappa shape index (κ2) is 9.13. The standard InChI is InChI=1S/C22H23N3O5/c1-25(13-14-8-6-5-7-9-14)21-16(22(26)27)12-23-20(24-21)15-10-17(28-2)19(30-4)18(11-15)29-3/h5-12H,13H2,1-4H3,(H,26,27). The molecule has 0 radical (unpaired) electrons. The van der Waals surface area contributed by atoms with Crippen LogP contribution in [0, 0.1) is 0 Å². The van der Waals surface area contributed by atoms with E-state index >= 15 is 0 Å². The second-order valence-corrected chi connectivity index (χ2v) is 6.49. The highest BCUT2D eigenvalue weighted by atomic mass is 16.5. The van der Waals surface area contributed by atoms with Gasteiger partial charge in [-0.3, -0.25) is 0 Å². The van der Waals surface area contributed by atoms with Gasteiger partial charge in [-0.25, -0.2) is 14.8 Å². The first kappa shape index (κ1) is 20.9. The number of hydrogen-bond acceptors (Lipinski definition) is 7. The number of carboxylic acids is 1. The lowest BCUT2D eigenvalue weighted by molar-refractivity contribution is 0.0696. The number of nitrogens with zero attached hydrogens (tertiary/aromatic N) is 3. The Morgan fingerprint density at radius 1 is 1.03 bits per heavy atom. The smallest absolute Gasteiger partial charge is 0.341 e. The molecular weight excluding hydrogens is 386 g/mol. The molecule has 1 heterocycles. The summed E-state index contributed by atoms with van der Waals surface area (Å²) in [5, 5.41) is 9.61. The Hall–Kier alpha value is -3.81. The molecule has 8 heteroatoms. The van der Waals surface area contributed by atoms with Crippen LogP contribution in [0.5, 0.6) is 17.2 Å². The molecule has 0 bridgehead atoms. The maximum Gasteiger partial charge on any atom is 0.341 e. The van der Waals surface area contributed by atoms with Crippen LogP contribution in [0.15, 0.2) is 48.7 Å². The summed E-state index contributed by atoms with van der Waals surface area (Å²) in [5.41, 5.74) is 1.66. The van der Waals surface area contributed by atoms with Gasteiger partial charge in [0.05, 0.1) is 21.3 Å². The van der Waals surface area contributed by atoms with Gasteiger partial charge in [0.15, 0.2) is 17.3 Å². The van der Waals surface area contributed by atoms with Gasteiger partial charge in [0.2, 0.25) is 5.75 Å². The van der Waals surface area contributed by atoms with E-state index in [4.69, 9.17) is 14.2 Å². The molecule has 3 rings (SSSR count).